The molecule has 1 aromatic carbocycles. The summed E-state index contributed by atoms with van der Waals surface area (Å²) in [6.07, 6.45) is 6.35. The third-order valence-electron chi connectivity index (χ3n) is 4.44. The molecule has 0 bridgehead atoms. The van der Waals surface area contributed by atoms with Gasteiger partial charge in [-0.15, -0.1) is 0 Å². The molecular formula is C21H17FN6O. The van der Waals surface area contributed by atoms with E-state index in [0.717, 1.165) is 5.56 Å². The zero-order chi connectivity index (χ0) is 20.2. The van der Waals surface area contributed by atoms with Gasteiger partial charge in [0.25, 0.3) is 11.9 Å². The number of benzene rings is 1. The Morgan fingerprint density at radius 1 is 1.10 bits per heavy atom. The van der Waals surface area contributed by atoms with Gasteiger partial charge >= 0.3 is 0 Å². The molecule has 29 heavy (non-hydrogen) atoms. The summed E-state index contributed by atoms with van der Waals surface area (Å²) in [6.45, 7) is 2.14. The Hall–Kier alpha value is -3.94. The van der Waals surface area contributed by atoms with Crippen LogP contribution in [-0.2, 0) is 6.54 Å². The van der Waals surface area contributed by atoms with Crippen LogP contribution in [0.4, 0.5) is 4.39 Å². The summed E-state index contributed by atoms with van der Waals surface area (Å²) >= 11 is 0. The Kier molecular flexibility index (Phi) is 5.07. The SMILES string of the molecule is Cc1c(C(=O)NCc2ccncc2)cnn1-c1nccc(-c2ccccc2F)n1. The number of rotatable bonds is 5. The van der Waals surface area contributed by atoms with E-state index in [2.05, 4.69) is 25.4 Å². The summed E-state index contributed by atoms with van der Waals surface area (Å²) in [5, 5.41) is 7.10. The van der Waals surface area contributed by atoms with Gasteiger partial charge in [0.1, 0.15) is 5.82 Å². The second-order valence-corrected chi connectivity index (χ2v) is 6.32. The Morgan fingerprint density at radius 3 is 2.69 bits per heavy atom. The Balaban J connectivity index is 1.58. The highest BCUT2D eigenvalue weighted by Crippen LogP contribution is 2.21. The topological polar surface area (TPSA) is 85.6 Å². The van der Waals surface area contributed by atoms with Gasteiger partial charge in [-0.3, -0.25) is 9.78 Å². The van der Waals surface area contributed by atoms with Gasteiger partial charge in [-0.2, -0.15) is 5.10 Å². The van der Waals surface area contributed by atoms with Crippen LogP contribution in [0.3, 0.4) is 0 Å². The van der Waals surface area contributed by atoms with Crippen molar-refractivity contribution in [2.75, 3.05) is 0 Å². The number of nitrogens with zero attached hydrogens (tertiary/aromatic N) is 5. The zero-order valence-corrected chi connectivity index (χ0v) is 15.6. The lowest BCUT2D eigenvalue weighted by Crippen LogP contribution is -2.23. The molecule has 1 N–H and O–H groups in total. The van der Waals surface area contributed by atoms with Crippen LogP contribution in [0.1, 0.15) is 21.6 Å². The second-order valence-electron chi connectivity index (χ2n) is 6.32. The number of hydrogen-bond donors (Lipinski definition) is 1. The summed E-state index contributed by atoms with van der Waals surface area (Å²) in [6, 6.07) is 11.7. The van der Waals surface area contributed by atoms with Gasteiger partial charge in [-0.1, -0.05) is 12.1 Å². The number of pyridine rings is 1. The van der Waals surface area contributed by atoms with E-state index in [-0.39, 0.29) is 17.7 Å². The minimum atomic E-state index is -0.370. The maximum absolute atomic E-state index is 14.1. The van der Waals surface area contributed by atoms with Crippen molar-refractivity contribution in [2.24, 2.45) is 0 Å². The normalized spacial score (nSPS) is 10.7. The minimum absolute atomic E-state index is 0.254. The predicted octanol–water partition coefficient (Wildman–Crippen LogP) is 3.10. The molecule has 0 atom stereocenters. The fourth-order valence-corrected chi connectivity index (χ4v) is 2.88. The molecule has 7 nitrogen and oxygen atoms in total. The fraction of sp³-hybridized carbons (Fsp3) is 0.0952. The fourth-order valence-electron chi connectivity index (χ4n) is 2.88. The molecule has 0 spiro atoms. The van der Waals surface area contributed by atoms with Crippen LogP contribution in [0.25, 0.3) is 17.2 Å². The smallest absolute Gasteiger partial charge is 0.255 e. The Labute approximate surface area is 166 Å². The quantitative estimate of drug-likeness (QED) is 0.568. The molecule has 4 aromatic rings. The summed E-state index contributed by atoms with van der Waals surface area (Å²) in [5.74, 6) is -0.363. The maximum atomic E-state index is 14.1. The van der Waals surface area contributed by atoms with Crippen molar-refractivity contribution >= 4 is 5.91 Å². The van der Waals surface area contributed by atoms with Gasteiger partial charge in [-0.05, 0) is 42.8 Å². The lowest BCUT2D eigenvalue weighted by atomic mass is 10.1. The molecule has 3 heterocycles. The van der Waals surface area contributed by atoms with Crippen molar-refractivity contribution < 1.29 is 9.18 Å². The lowest BCUT2D eigenvalue weighted by Gasteiger charge is -2.07. The third-order valence-corrected chi connectivity index (χ3v) is 4.44. The molecule has 3 aromatic heterocycles. The molecule has 0 fully saturated rings. The zero-order valence-electron chi connectivity index (χ0n) is 15.6. The van der Waals surface area contributed by atoms with Crippen LogP contribution in [0.15, 0.2) is 67.3 Å². The first-order chi connectivity index (χ1) is 14.1. The summed E-state index contributed by atoms with van der Waals surface area (Å²) in [5.41, 5.74) is 2.75. The van der Waals surface area contributed by atoms with E-state index >= 15 is 0 Å². The molecule has 0 saturated heterocycles. The Morgan fingerprint density at radius 2 is 1.90 bits per heavy atom. The molecule has 0 unspecified atom stereocenters. The average molecular weight is 388 g/mol. The van der Waals surface area contributed by atoms with Crippen LogP contribution in [0, 0.1) is 12.7 Å². The number of hydrogen-bond acceptors (Lipinski definition) is 5. The molecule has 1 amide bonds. The predicted molar refractivity (Wildman–Crippen MR) is 105 cm³/mol. The largest absolute Gasteiger partial charge is 0.348 e. The van der Waals surface area contributed by atoms with Crippen LogP contribution in [0.2, 0.25) is 0 Å². The van der Waals surface area contributed by atoms with E-state index in [1.807, 2.05) is 12.1 Å². The molecule has 8 heteroatoms. The van der Waals surface area contributed by atoms with E-state index in [1.165, 1.54) is 23.1 Å². The van der Waals surface area contributed by atoms with Crippen molar-refractivity contribution in [2.45, 2.75) is 13.5 Å². The van der Waals surface area contributed by atoms with Gasteiger partial charge in [-0.25, -0.2) is 19.0 Å². The highest BCUT2D eigenvalue weighted by atomic mass is 19.1. The van der Waals surface area contributed by atoms with Crippen LogP contribution < -0.4 is 5.32 Å². The van der Waals surface area contributed by atoms with E-state index in [4.69, 9.17) is 0 Å². The molecule has 0 radical (unpaired) electrons. The summed E-state index contributed by atoms with van der Waals surface area (Å²) < 4.78 is 15.5. The molecule has 0 saturated carbocycles. The van der Waals surface area contributed by atoms with E-state index in [0.29, 0.717) is 29.1 Å². The summed E-state index contributed by atoms with van der Waals surface area (Å²) in [4.78, 5) is 25.1. The van der Waals surface area contributed by atoms with Crippen LogP contribution in [-0.4, -0.2) is 30.6 Å². The molecular weight excluding hydrogens is 371 g/mol. The highest BCUT2D eigenvalue weighted by molar-refractivity contribution is 5.95. The van der Waals surface area contributed by atoms with Crippen molar-refractivity contribution in [1.29, 1.82) is 0 Å². The van der Waals surface area contributed by atoms with Gasteiger partial charge in [0.05, 0.1) is 23.1 Å². The average Bonchev–Trinajstić information content (AvgIpc) is 3.14. The number of halogens is 1. The van der Waals surface area contributed by atoms with Gasteiger partial charge in [0.2, 0.25) is 0 Å². The maximum Gasteiger partial charge on any atom is 0.255 e. The van der Waals surface area contributed by atoms with Crippen LogP contribution in [0.5, 0.6) is 0 Å². The molecule has 144 valence electrons. The molecule has 0 aliphatic rings. The number of nitrogens with one attached hydrogen (secondary N) is 1. The highest BCUT2D eigenvalue weighted by Gasteiger charge is 2.17. The Bertz CT molecular complexity index is 1160. The van der Waals surface area contributed by atoms with E-state index in [9.17, 15) is 9.18 Å². The van der Waals surface area contributed by atoms with Crippen molar-refractivity contribution in [3.8, 4) is 17.2 Å². The lowest BCUT2D eigenvalue weighted by molar-refractivity contribution is 0.0950. The van der Waals surface area contributed by atoms with E-state index < -0.39 is 0 Å². The summed E-state index contributed by atoms with van der Waals surface area (Å²) in [7, 11) is 0. The third kappa shape index (κ3) is 3.86. The monoisotopic (exact) mass is 388 g/mol. The van der Waals surface area contributed by atoms with Gasteiger partial charge in [0.15, 0.2) is 0 Å². The minimum Gasteiger partial charge on any atom is -0.348 e. The number of carbonyl (C=O) groups is 1. The first-order valence-electron chi connectivity index (χ1n) is 8.93. The first-order valence-corrected chi connectivity index (χ1v) is 8.93. The molecule has 4 rings (SSSR count). The second kappa shape index (κ2) is 7.97. The van der Waals surface area contributed by atoms with Crippen molar-refractivity contribution in [3.63, 3.8) is 0 Å². The number of amides is 1. The van der Waals surface area contributed by atoms with E-state index in [1.54, 1.807) is 43.6 Å². The first kappa shape index (κ1) is 18.4. The van der Waals surface area contributed by atoms with Crippen LogP contribution >= 0.6 is 0 Å². The standard InChI is InChI=1S/C21H17FN6O/c1-14-17(20(29)25-12-15-6-9-23-10-7-15)13-26-28(14)21-24-11-8-19(27-21)16-4-2-3-5-18(16)22/h2-11,13H,12H2,1H3,(H,25,29). The number of carbonyl (C=O) groups excluding carboxylic acids is 1. The van der Waals surface area contributed by atoms with Crippen molar-refractivity contribution in [1.82, 2.24) is 30.0 Å². The molecule has 0 aliphatic carbocycles. The number of aromatic nitrogens is 5. The van der Waals surface area contributed by atoms with Crippen molar-refractivity contribution in [3.05, 3.63) is 89.9 Å². The van der Waals surface area contributed by atoms with Gasteiger partial charge in [0, 0.05) is 30.7 Å². The molecule has 0 aliphatic heterocycles. The van der Waals surface area contributed by atoms with Gasteiger partial charge < -0.3 is 5.32 Å².